The smallest absolute Gasteiger partial charge is 0.360 e. The highest BCUT2D eigenvalue weighted by Crippen LogP contribution is 2.40. The summed E-state index contributed by atoms with van der Waals surface area (Å²) in [7, 11) is 1.34. The van der Waals surface area contributed by atoms with Gasteiger partial charge in [-0.15, -0.1) is 0 Å². The van der Waals surface area contributed by atoms with E-state index < -0.39 is 40.5 Å². The number of H-pyrrole nitrogens is 1. The normalized spacial score (nSPS) is 14.1. The number of para-hydroxylation sites is 1. The van der Waals surface area contributed by atoms with Gasteiger partial charge in [-0.1, -0.05) is 41.9 Å². The molecule has 3 aromatic heterocycles. The van der Waals surface area contributed by atoms with Crippen LogP contribution in [0.3, 0.4) is 0 Å². The number of thiocarbonyl (C=S) groups is 1. The standard InChI is InChI=1S/C22H17ClN6O.C21H16F4N4O2S/c1-13(28-21-19-20(25-11-24-19)26-12-27-21)17-10-14-6-5-9-16(23)18(14)22(30)29(17)15-7-3-2-4-8-15;1-20(2)18(31)28(12-5-4-11(10-26)15(8-12)21(23,24)25)19(32)29(20)13-6-7-14(16(22)9-13)17(30)27-3/h2-13H,1H3,(H2,24,25,26,27,28);4-9H,1-3H3,(H,27,30). The molecule has 62 heavy (non-hydrogen) atoms. The fourth-order valence-corrected chi connectivity index (χ4v) is 7.86. The number of carbonyl (C=O) groups excluding carboxylic acids is 2. The van der Waals surface area contributed by atoms with Crippen molar-refractivity contribution in [2.45, 2.75) is 38.5 Å². The van der Waals surface area contributed by atoms with E-state index in [1.807, 2.05) is 55.5 Å². The van der Waals surface area contributed by atoms with E-state index in [1.54, 1.807) is 17.0 Å². The molecule has 1 unspecified atom stereocenters. The van der Waals surface area contributed by atoms with Crippen LogP contribution >= 0.6 is 23.8 Å². The number of hydrogen-bond acceptors (Lipinski definition) is 9. The van der Waals surface area contributed by atoms with Gasteiger partial charge in [0.2, 0.25) is 0 Å². The highest BCUT2D eigenvalue weighted by Gasteiger charge is 2.51. The van der Waals surface area contributed by atoms with Crippen LogP contribution in [0.1, 0.15) is 54.0 Å². The summed E-state index contributed by atoms with van der Waals surface area (Å²) < 4.78 is 56.4. The zero-order valence-corrected chi connectivity index (χ0v) is 34.6. The molecule has 3 N–H and O–H groups in total. The minimum absolute atomic E-state index is 0.144. The second kappa shape index (κ2) is 16.7. The molecule has 314 valence electrons. The molecule has 4 heterocycles. The molecule has 13 nitrogen and oxygen atoms in total. The third-order valence-electron chi connectivity index (χ3n) is 10.1. The first-order valence-corrected chi connectivity index (χ1v) is 19.4. The molecule has 0 saturated carbocycles. The number of anilines is 3. The number of alkyl halides is 3. The molecule has 0 bridgehead atoms. The number of fused-ring (bicyclic) bond motifs is 2. The van der Waals surface area contributed by atoms with Crippen molar-refractivity contribution >= 4 is 79.9 Å². The maximum absolute atomic E-state index is 14.5. The molecule has 8 rings (SSSR count). The summed E-state index contributed by atoms with van der Waals surface area (Å²) in [5.41, 5.74) is -0.750. The van der Waals surface area contributed by atoms with Crippen molar-refractivity contribution in [2.24, 2.45) is 0 Å². The van der Waals surface area contributed by atoms with E-state index in [0.29, 0.717) is 33.5 Å². The molecule has 0 aliphatic carbocycles. The van der Waals surface area contributed by atoms with E-state index in [2.05, 4.69) is 30.6 Å². The van der Waals surface area contributed by atoms with Gasteiger partial charge in [-0.2, -0.15) is 18.4 Å². The zero-order chi connectivity index (χ0) is 44.7. The maximum Gasteiger partial charge on any atom is 0.417 e. The predicted molar refractivity (Wildman–Crippen MR) is 231 cm³/mol. The van der Waals surface area contributed by atoms with Crippen molar-refractivity contribution in [3.05, 3.63) is 147 Å². The van der Waals surface area contributed by atoms with E-state index >= 15 is 0 Å². The molecule has 1 saturated heterocycles. The Morgan fingerprint density at radius 3 is 2.35 bits per heavy atom. The molecule has 1 fully saturated rings. The Hall–Kier alpha value is -7.23. The third-order valence-corrected chi connectivity index (χ3v) is 10.8. The van der Waals surface area contributed by atoms with E-state index in [4.69, 9.17) is 29.1 Å². The van der Waals surface area contributed by atoms with Crippen LogP contribution in [0.4, 0.5) is 34.8 Å². The lowest BCUT2D eigenvalue weighted by Crippen LogP contribution is -2.44. The first-order chi connectivity index (χ1) is 29.5. The van der Waals surface area contributed by atoms with E-state index in [9.17, 15) is 31.9 Å². The quantitative estimate of drug-likeness (QED) is 0.105. The fourth-order valence-electron chi connectivity index (χ4n) is 7.08. The predicted octanol–water partition coefficient (Wildman–Crippen LogP) is 8.48. The number of aromatic nitrogens is 5. The maximum atomic E-state index is 14.5. The third kappa shape index (κ3) is 7.79. The molecule has 2 amide bonds. The molecule has 7 aromatic rings. The number of nitrogens with zero attached hydrogens (tertiary/aromatic N) is 7. The summed E-state index contributed by atoms with van der Waals surface area (Å²) >= 11 is 11.8. The number of nitriles is 1. The van der Waals surface area contributed by atoms with Crippen LogP contribution in [0.15, 0.2) is 108 Å². The molecule has 1 aliphatic rings. The first kappa shape index (κ1) is 42.9. The van der Waals surface area contributed by atoms with Gasteiger partial charge in [-0.25, -0.2) is 19.3 Å². The van der Waals surface area contributed by atoms with Crippen molar-refractivity contribution < 1.29 is 27.2 Å². The molecular formula is C43H33ClF4N10O3S. The Labute approximate surface area is 360 Å². The zero-order valence-electron chi connectivity index (χ0n) is 33.0. The van der Waals surface area contributed by atoms with Gasteiger partial charge in [0.15, 0.2) is 16.6 Å². The minimum atomic E-state index is -4.82. The van der Waals surface area contributed by atoms with Gasteiger partial charge in [0.25, 0.3) is 17.4 Å². The Morgan fingerprint density at radius 2 is 1.68 bits per heavy atom. The number of carbonyl (C=O) groups is 2. The number of aromatic amines is 1. The summed E-state index contributed by atoms with van der Waals surface area (Å²) in [5.74, 6) is -1.53. The van der Waals surface area contributed by atoms with Crippen molar-refractivity contribution in [1.29, 1.82) is 5.26 Å². The summed E-state index contributed by atoms with van der Waals surface area (Å²) in [5, 5.41) is 16.2. The lowest BCUT2D eigenvalue weighted by Gasteiger charge is -2.29. The van der Waals surface area contributed by atoms with Crippen LogP contribution in [-0.4, -0.2) is 54.0 Å². The van der Waals surface area contributed by atoms with Gasteiger partial charge in [0, 0.05) is 24.1 Å². The van der Waals surface area contributed by atoms with Crippen molar-refractivity contribution in [1.82, 2.24) is 29.8 Å². The van der Waals surface area contributed by atoms with Gasteiger partial charge in [-0.05, 0) is 99.0 Å². The molecule has 19 heteroatoms. The summed E-state index contributed by atoms with van der Waals surface area (Å²) in [4.78, 5) is 56.3. The Balaban J connectivity index is 0.000000187. The Kier molecular flexibility index (Phi) is 11.5. The van der Waals surface area contributed by atoms with Crippen molar-refractivity contribution in [3.63, 3.8) is 0 Å². The molecular weight excluding hydrogens is 848 g/mol. The van der Waals surface area contributed by atoms with E-state index in [1.165, 1.54) is 56.4 Å². The van der Waals surface area contributed by atoms with Gasteiger partial charge in [0.1, 0.15) is 23.2 Å². The minimum Gasteiger partial charge on any atom is -0.360 e. The second-order valence-corrected chi connectivity index (χ2v) is 15.1. The second-order valence-electron chi connectivity index (χ2n) is 14.3. The highest BCUT2D eigenvalue weighted by atomic mass is 35.5. The Bertz CT molecular complexity index is 3020. The number of amides is 2. The van der Waals surface area contributed by atoms with Crippen LogP contribution in [0.2, 0.25) is 5.02 Å². The van der Waals surface area contributed by atoms with E-state index in [0.717, 1.165) is 33.8 Å². The van der Waals surface area contributed by atoms with Gasteiger partial charge in [-0.3, -0.25) is 23.9 Å². The number of imidazole rings is 1. The van der Waals surface area contributed by atoms with E-state index in [-0.39, 0.29) is 33.7 Å². The van der Waals surface area contributed by atoms with Crippen LogP contribution < -0.4 is 26.0 Å². The lowest BCUT2D eigenvalue weighted by atomic mass is 10.0. The highest BCUT2D eigenvalue weighted by molar-refractivity contribution is 7.81. The number of rotatable bonds is 7. The topological polar surface area (TPSA) is 165 Å². The number of halogens is 5. The summed E-state index contributed by atoms with van der Waals surface area (Å²) in [6, 6.07) is 24.7. The van der Waals surface area contributed by atoms with Crippen LogP contribution in [0.5, 0.6) is 0 Å². The lowest BCUT2D eigenvalue weighted by molar-refractivity contribution is -0.137. The van der Waals surface area contributed by atoms with Crippen molar-refractivity contribution in [3.8, 4) is 11.8 Å². The van der Waals surface area contributed by atoms with Gasteiger partial charge in [0.05, 0.1) is 51.2 Å². The largest absolute Gasteiger partial charge is 0.417 e. The fraction of sp³-hybridized carbons (Fsp3) is 0.163. The van der Waals surface area contributed by atoms with Crippen molar-refractivity contribution in [2.75, 3.05) is 22.2 Å². The van der Waals surface area contributed by atoms with Gasteiger partial charge < -0.3 is 20.5 Å². The van der Waals surface area contributed by atoms with Crippen LogP contribution in [0, 0.1) is 17.1 Å². The molecule has 0 spiro atoms. The number of pyridine rings is 1. The summed E-state index contributed by atoms with van der Waals surface area (Å²) in [6.07, 6.45) is -1.78. The molecule has 4 aromatic carbocycles. The van der Waals surface area contributed by atoms with Crippen LogP contribution in [0.25, 0.3) is 27.6 Å². The molecule has 1 atom stereocenters. The number of benzene rings is 4. The van der Waals surface area contributed by atoms with Gasteiger partial charge >= 0.3 is 6.18 Å². The summed E-state index contributed by atoms with van der Waals surface area (Å²) in [6.45, 7) is 4.95. The average molecular weight is 881 g/mol. The first-order valence-electron chi connectivity index (χ1n) is 18.6. The average Bonchev–Trinajstić information content (AvgIpc) is 3.80. The Morgan fingerprint density at radius 1 is 0.952 bits per heavy atom. The van der Waals surface area contributed by atoms with Crippen LogP contribution in [-0.2, 0) is 11.0 Å². The number of hydrogen-bond donors (Lipinski definition) is 3. The SMILES string of the molecule is CC(Nc1ncnc2nc[nH]c12)c1cc2cccc(Cl)c2c(=O)n1-c1ccccc1.CNC(=O)c1ccc(N2C(=S)N(c3ccc(C#N)c(C(F)(F)F)c3)C(=O)C2(C)C)cc1F. The number of nitrogens with one attached hydrogen (secondary N) is 3. The monoisotopic (exact) mass is 880 g/mol. The molecule has 0 radical (unpaired) electrons. The molecule has 1 aliphatic heterocycles.